The molecular weight excluding hydrogens is 615 g/mol. The third-order valence-electron chi connectivity index (χ3n) is 8.61. The second-order valence-corrected chi connectivity index (χ2v) is 12.5. The van der Waals surface area contributed by atoms with E-state index in [0.717, 1.165) is 29.5 Å². The van der Waals surface area contributed by atoms with E-state index in [9.17, 15) is 26.3 Å². The van der Waals surface area contributed by atoms with Crippen LogP contribution in [0.4, 0.5) is 41.7 Å². The maximum absolute atomic E-state index is 16.6. The topological polar surface area (TPSA) is 92.4 Å². The first-order valence-electron chi connectivity index (χ1n) is 14.0. The summed E-state index contributed by atoms with van der Waals surface area (Å²) in [6, 6.07) is 2.41. The normalized spacial score (nSPS) is 22.3. The number of anilines is 2. The van der Waals surface area contributed by atoms with Crippen molar-refractivity contribution < 1.29 is 35.5 Å². The predicted molar refractivity (Wildman–Crippen MR) is 151 cm³/mol. The summed E-state index contributed by atoms with van der Waals surface area (Å²) in [5, 5.41) is 2.85. The number of hydrogen-bond donors (Lipinski definition) is 2. The van der Waals surface area contributed by atoms with Crippen LogP contribution in [-0.2, 0) is 6.18 Å². The van der Waals surface area contributed by atoms with Crippen LogP contribution in [0.1, 0.15) is 24.8 Å². The average Bonchev–Trinajstić information content (AvgIpc) is 3.62. The number of alkyl halides is 5. The molecular formula is C28H26F7N7OS. The molecule has 0 spiro atoms. The van der Waals surface area contributed by atoms with Crippen molar-refractivity contribution >= 4 is 43.4 Å². The van der Waals surface area contributed by atoms with Crippen LogP contribution < -0.4 is 20.7 Å². The zero-order chi connectivity index (χ0) is 31.0. The standard InChI is InChI=1S/C28H26F7N7OS/c29-17-3-2-14(21-22(17)44-24(36)38-21)18-16(28(33,34)35)10-15-20(19(18)30)39-25(40-23(15)41-8-5-37-6-9-41)43-13-26-4-1-7-42(26)12-27(31,32)11-26/h2-3,10,37H,1,4-9,11-13H2,(H2,36,38). The first kappa shape index (κ1) is 29.2. The summed E-state index contributed by atoms with van der Waals surface area (Å²) in [6.07, 6.45) is -4.27. The number of rotatable bonds is 5. The van der Waals surface area contributed by atoms with Crippen LogP contribution in [0.5, 0.6) is 6.01 Å². The molecule has 2 aromatic carbocycles. The molecule has 1 unspecified atom stereocenters. The lowest BCUT2D eigenvalue weighted by Crippen LogP contribution is -2.44. The van der Waals surface area contributed by atoms with Gasteiger partial charge in [0.1, 0.15) is 23.8 Å². The van der Waals surface area contributed by atoms with E-state index in [0.29, 0.717) is 45.6 Å². The summed E-state index contributed by atoms with van der Waals surface area (Å²) < 4.78 is 110. The molecule has 0 amide bonds. The van der Waals surface area contributed by atoms with Gasteiger partial charge in [-0.3, -0.25) is 4.90 Å². The van der Waals surface area contributed by atoms with Gasteiger partial charge in [-0.05, 0) is 37.6 Å². The minimum absolute atomic E-state index is 0.0298. The largest absolute Gasteiger partial charge is 0.461 e. The van der Waals surface area contributed by atoms with Crippen molar-refractivity contribution in [1.29, 1.82) is 0 Å². The molecule has 0 bridgehead atoms. The smallest absolute Gasteiger partial charge is 0.417 e. The number of piperazine rings is 1. The van der Waals surface area contributed by atoms with Gasteiger partial charge in [-0.15, -0.1) is 0 Å². The Morgan fingerprint density at radius 1 is 1.05 bits per heavy atom. The summed E-state index contributed by atoms with van der Waals surface area (Å²) in [5.74, 6) is -4.95. The van der Waals surface area contributed by atoms with E-state index < -0.39 is 58.9 Å². The Kier molecular flexibility index (Phi) is 6.82. The van der Waals surface area contributed by atoms with Crippen molar-refractivity contribution in [2.24, 2.45) is 0 Å². The molecule has 7 rings (SSSR count). The van der Waals surface area contributed by atoms with Gasteiger partial charge in [0.05, 0.1) is 27.9 Å². The van der Waals surface area contributed by atoms with Crippen molar-refractivity contribution in [3.8, 4) is 17.1 Å². The van der Waals surface area contributed by atoms with Gasteiger partial charge in [-0.2, -0.15) is 23.1 Å². The molecule has 3 aliphatic heterocycles. The van der Waals surface area contributed by atoms with Gasteiger partial charge in [-0.25, -0.2) is 22.5 Å². The number of nitrogen functional groups attached to an aromatic ring is 1. The maximum atomic E-state index is 16.6. The average molecular weight is 642 g/mol. The zero-order valence-electron chi connectivity index (χ0n) is 23.1. The molecule has 234 valence electrons. The zero-order valence-corrected chi connectivity index (χ0v) is 23.9. The van der Waals surface area contributed by atoms with E-state index in [2.05, 4.69) is 20.3 Å². The second-order valence-electron chi connectivity index (χ2n) is 11.5. The number of aromatic nitrogens is 3. The molecule has 3 aliphatic rings. The summed E-state index contributed by atoms with van der Waals surface area (Å²) >= 11 is 0.732. The Bertz CT molecular complexity index is 1780. The molecule has 3 fully saturated rings. The number of ether oxygens (including phenoxy) is 1. The number of nitrogens with zero attached hydrogens (tertiary/aromatic N) is 5. The highest BCUT2D eigenvalue weighted by molar-refractivity contribution is 7.22. The number of halogens is 7. The minimum Gasteiger partial charge on any atom is -0.461 e. The Hall–Kier alpha value is -3.50. The van der Waals surface area contributed by atoms with Crippen LogP contribution in [0.25, 0.3) is 32.2 Å². The van der Waals surface area contributed by atoms with E-state index in [1.165, 1.54) is 0 Å². The van der Waals surface area contributed by atoms with E-state index >= 15 is 4.39 Å². The van der Waals surface area contributed by atoms with Crippen molar-refractivity contribution in [2.45, 2.75) is 36.9 Å². The van der Waals surface area contributed by atoms with E-state index in [-0.39, 0.29) is 44.7 Å². The lowest BCUT2D eigenvalue weighted by Gasteiger charge is -2.31. The molecule has 4 aromatic rings. The molecule has 16 heteroatoms. The fourth-order valence-electron chi connectivity index (χ4n) is 6.73. The van der Waals surface area contributed by atoms with Crippen LogP contribution in [0, 0.1) is 11.6 Å². The van der Waals surface area contributed by atoms with Crippen LogP contribution in [-0.4, -0.2) is 77.2 Å². The highest BCUT2D eigenvalue weighted by Gasteiger charge is 2.57. The minimum atomic E-state index is -5.03. The van der Waals surface area contributed by atoms with Crippen molar-refractivity contribution in [2.75, 3.05) is 56.5 Å². The molecule has 44 heavy (non-hydrogen) atoms. The highest BCUT2D eigenvalue weighted by Crippen LogP contribution is 2.48. The molecule has 0 radical (unpaired) electrons. The third kappa shape index (κ3) is 4.86. The molecule has 1 atom stereocenters. The highest BCUT2D eigenvalue weighted by atomic mass is 32.1. The van der Waals surface area contributed by atoms with Crippen molar-refractivity contribution in [3.63, 3.8) is 0 Å². The van der Waals surface area contributed by atoms with Crippen molar-refractivity contribution in [3.05, 3.63) is 35.4 Å². The van der Waals surface area contributed by atoms with E-state index in [4.69, 9.17) is 10.5 Å². The monoisotopic (exact) mass is 641 g/mol. The number of nitrogens with one attached hydrogen (secondary N) is 1. The van der Waals surface area contributed by atoms with Crippen LogP contribution in [0.15, 0.2) is 18.2 Å². The van der Waals surface area contributed by atoms with Gasteiger partial charge >= 0.3 is 12.2 Å². The van der Waals surface area contributed by atoms with Crippen LogP contribution >= 0.6 is 11.3 Å². The van der Waals surface area contributed by atoms with Crippen molar-refractivity contribution in [1.82, 2.24) is 25.2 Å². The predicted octanol–water partition coefficient (Wildman–Crippen LogP) is 5.45. The van der Waals surface area contributed by atoms with E-state index in [1.54, 1.807) is 9.80 Å². The Labute approximate surface area is 250 Å². The maximum Gasteiger partial charge on any atom is 0.417 e. The lowest BCUT2D eigenvalue weighted by atomic mass is 9.94. The van der Waals surface area contributed by atoms with Crippen LogP contribution in [0.2, 0.25) is 0 Å². The molecule has 5 heterocycles. The summed E-state index contributed by atoms with van der Waals surface area (Å²) in [4.78, 5) is 16.0. The van der Waals surface area contributed by atoms with Gasteiger partial charge in [0.15, 0.2) is 10.9 Å². The Balaban J connectivity index is 1.42. The summed E-state index contributed by atoms with van der Waals surface area (Å²) in [7, 11) is 0. The molecule has 8 nitrogen and oxygen atoms in total. The quantitative estimate of drug-likeness (QED) is 0.278. The van der Waals surface area contributed by atoms with Gasteiger partial charge in [0, 0.05) is 49.1 Å². The Morgan fingerprint density at radius 2 is 1.82 bits per heavy atom. The first-order chi connectivity index (χ1) is 20.9. The fraction of sp³-hybridized carbons (Fsp3) is 0.464. The molecule has 3 N–H and O–H groups in total. The molecule has 0 saturated carbocycles. The Morgan fingerprint density at radius 3 is 2.57 bits per heavy atom. The van der Waals surface area contributed by atoms with Gasteiger partial charge in [0.2, 0.25) is 0 Å². The number of benzene rings is 2. The first-order valence-corrected chi connectivity index (χ1v) is 14.8. The number of hydrogen-bond acceptors (Lipinski definition) is 9. The number of thiazole rings is 1. The number of fused-ring (bicyclic) bond motifs is 3. The third-order valence-corrected chi connectivity index (χ3v) is 9.51. The lowest BCUT2D eigenvalue weighted by molar-refractivity contribution is -0.137. The molecule has 3 saturated heterocycles. The fourth-order valence-corrected chi connectivity index (χ4v) is 7.49. The number of nitrogens with two attached hydrogens (primary N) is 1. The van der Waals surface area contributed by atoms with Gasteiger partial charge in [-0.1, -0.05) is 11.3 Å². The molecule has 2 aromatic heterocycles. The van der Waals surface area contributed by atoms with Gasteiger partial charge in [0.25, 0.3) is 5.92 Å². The second kappa shape index (κ2) is 10.3. The molecule has 0 aliphatic carbocycles. The SMILES string of the molecule is Nc1nc2c(-c3c(C(F)(F)F)cc4c(N5CCNCC5)nc(OCC56CCCN5CC(F)(F)C6)nc4c3F)ccc(F)c2s1. The van der Waals surface area contributed by atoms with Crippen LogP contribution in [0.3, 0.4) is 0 Å². The summed E-state index contributed by atoms with van der Waals surface area (Å²) in [5.41, 5.74) is 1.63. The van der Waals surface area contributed by atoms with E-state index in [1.807, 2.05) is 0 Å². The van der Waals surface area contributed by atoms with Gasteiger partial charge < -0.3 is 20.7 Å². The summed E-state index contributed by atoms with van der Waals surface area (Å²) in [6.45, 7) is 1.61.